The Bertz CT molecular complexity index is 1020. The summed E-state index contributed by atoms with van der Waals surface area (Å²) in [4.78, 5) is 0. The number of hydrogen-bond acceptors (Lipinski definition) is 7. The number of hydrogen-bond donors (Lipinski definition) is 4. The summed E-state index contributed by atoms with van der Waals surface area (Å²) in [6, 6.07) is 10.3. The van der Waals surface area contributed by atoms with Gasteiger partial charge in [0.2, 0.25) is 5.79 Å². The molecular weight excluding hydrogens is 448 g/mol. The van der Waals surface area contributed by atoms with Gasteiger partial charge in [-0.3, -0.25) is 0 Å². The zero-order valence-electron chi connectivity index (χ0n) is 18.4. The Kier molecular flexibility index (Phi) is 6.16. The Labute approximate surface area is 197 Å². The number of methoxy groups -OCH3 is 1. The van der Waals surface area contributed by atoms with E-state index in [-0.39, 0.29) is 0 Å². The summed E-state index contributed by atoms with van der Waals surface area (Å²) in [6.45, 7) is -0.144. The minimum Gasteiger partial charge on any atom is -0.491 e. The molecular formula is C25H29ClO7. The molecule has 2 aliphatic heterocycles. The van der Waals surface area contributed by atoms with Gasteiger partial charge in [-0.2, -0.15) is 0 Å². The van der Waals surface area contributed by atoms with E-state index in [2.05, 4.69) is 24.3 Å². The summed E-state index contributed by atoms with van der Waals surface area (Å²) in [5, 5.41) is 42.0. The van der Waals surface area contributed by atoms with E-state index in [0.717, 1.165) is 11.1 Å². The van der Waals surface area contributed by atoms with Crippen molar-refractivity contribution in [2.45, 2.75) is 61.8 Å². The average Bonchev–Trinajstić information content (AvgIpc) is 3.56. The zero-order chi connectivity index (χ0) is 23.3. The minimum atomic E-state index is -1.81. The normalized spacial score (nSPS) is 31.3. The Hall–Kier alpha value is -1.71. The van der Waals surface area contributed by atoms with Crippen molar-refractivity contribution in [1.82, 2.24) is 0 Å². The van der Waals surface area contributed by atoms with Gasteiger partial charge in [-0.25, -0.2) is 0 Å². The molecule has 1 saturated carbocycles. The second-order valence-corrected chi connectivity index (χ2v) is 9.51. The number of ether oxygens (including phenoxy) is 3. The van der Waals surface area contributed by atoms with Gasteiger partial charge in [0.1, 0.15) is 30.2 Å². The van der Waals surface area contributed by atoms with E-state index in [1.54, 1.807) is 0 Å². The topological polar surface area (TPSA) is 109 Å². The van der Waals surface area contributed by atoms with Crippen LogP contribution in [0, 0.1) is 0 Å². The van der Waals surface area contributed by atoms with Gasteiger partial charge in [0.15, 0.2) is 0 Å². The highest BCUT2D eigenvalue weighted by Gasteiger charge is 2.56. The fourth-order valence-electron chi connectivity index (χ4n) is 5.01. The van der Waals surface area contributed by atoms with E-state index in [0.29, 0.717) is 47.3 Å². The van der Waals surface area contributed by atoms with Gasteiger partial charge in [0.05, 0.1) is 18.2 Å². The summed E-state index contributed by atoms with van der Waals surface area (Å²) < 4.78 is 17.5. The van der Waals surface area contributed by atoms with E-state index >= 15 is 0 Å². The van der Waals surface area contributed by atoms with Crippen LogP contribution in [0.4, 0.5) is 0 Å². The smallest absolute Gasteiger partial charge is 0.225 e. The highest BCUT2D eigenvalue weighted by Crippen LogP contribution is 2.48. The number of fused-ring (bicyclic) bond motifs is 1. The molecule has 5 rings (SSSR count). The van der Waals surface area contributed by atoms with Crippen molar-refractivity contribution < 1.29 is 34.6 Å². The van der Waals surface area contributed by atoms with Crippen molar-refractivity contribution in [3.8, 4) is 5.75 Å². The standard InChI is InChI=1S/C25H29ClO7/c1-31-25(24(30)22(29)21(28)19(12-27)33-25)18-11-16(20(26)23-17(18)8-9-32-23)10-13-2-4-14(5-3-13)15-6-7-15/h2-5,11,15,19,21-22,24,27-30H,6-10,12H2,1H3/t19-,21?,22+,24-,25?/m1/s1. The fraction of sp³-hybridized carbons (Fsp3) is 0.520. The number of rotatable bonds is 6. The lowest BCUT2D eigenvalue weighted by molar-refractivity contribution is -0.366. The van der Waals surface area contributed by atoms with Crippen LogP contribution >= 0.6 is 11.6 Å². The maximum atomic E-state index is 11.0. The SMILES string of the molecule is COC1(c2cc(Cc3ccc(C4CC4)cc3)c(Cl)c3c2CCO3)O[C@H](CO)C(O)[C@H](O)[C@H]1O. The van der Waals surface area contributed by atoms with Crippen LogP contribution in [0.25, 0.3) is 0 Å². The molecule has 1 saturated heterocycles. The molecule has 2 heterocycles. The average molecular weight is 477 g/mol. The summed E-state index contributed by atoms with van der Waals surface area (Å²) in [5.74, 6) is -0.624. The molecule has 33 heavy (non-hydrogen) atoms. The van der Waals surface area contributed by atoms with Crippen LogP contribution in [0.3, 0.4) is 0 Å². The van der Waals surface area contributed by atoms with Crippen LogP contribution in [0.5, 0.6) is 5.75 Å². The van der Waals surface area contributed by atoms with E-state index in [1.807, 2.05) is 6.07 Å². The van der Waals surface area contributed by atoms with Gasteiger partial charge in [-0.05, 0) is 47.9 Å². The van der Waals surface area contributed by atoms with Crippen molar-refractivity contribution in [2.24, 2.45) is 0 Å². The fourth-order valence-corrected chi connectivity index (χ4v) is 5.30. The summed E-state index contributed by atoms with van der Waals surface area (Å²) in [7, 11) is 1.36. The molecule has 5 atom stereocenters. The van der Waals surface area contributed by atoms with Crippen LogP contribution in [0.1, 0.15) is 46.6 Å². The lowest BCUT2D eigenvalue weighted by Gasteiger charge is -2.48. The first-order chi connectivity index (χ1) is 15.9. The molecule has 178 valence electrons. The molecule has 1 aliphatic carbocycles. The molecule has 7 nitrogen and oxygen atoms in total. The molecule has 2 unspecified atom stereocenters. The third-order valence-corrected chi connectivity index (χ3v) is 7.46. The van der Waals surface area contributed by atoms with Gasteiger partial charge >= 0.3 is 0 Å². The van der Waals surface area contributed by atoms with Crippen LogP contribution in [0.15, 0.2) is 30.3 Å². The second kappa shape index (κ2) is 8.82. The Morgan fingerprint density at radius 2 is 1.85 bits per heavy atom. The predicted molar refractivity (Wildman–Crippen MR) is 121 cm³/mol. The molecule has 2 aromatic rings. The quantitative estimate of drug-likeness (QED) is 0.505. The van der Waals surface area contributed by atoms with Crippen molar-refractivity contribution in [3.05, 3.63) is 63.2 Å². The molecule has 2 aromatic carbocycles. The van der Waals surface area contributed by atoms with Crippen molar-refractivity contribution in [2.75, 3.05) is 20.3 Å². The number of aliphatic hydroxyl groups is 4. The maximum Gasteiger partial charge on any atom is 0.225 e. The molecule has 0 aromatic heterocycles. The molecule has 8 heteroatoms. The largest absolute Gasteiger partial charge is 0.491 e. The third-order valence-electron chi connectivity index (χ3n) is 7.05. The Balaban J connectivity index is 1.57. The first-order valence-corrected chi connectivity index (χ1v) is 11.7. The molecule has 3 aliphatic rings. The summed E-state index contributed by atoms with van der Waals surface area (Å²) in [5.41, 5.74) is 4.38. The van der Waals surface area contributed by atoms with Crippen LogP contribution in [-0.2, 0) is 28.1 Å². The minimum absolute atomic E-state index is 0.409. The third kappa shape index (κ3) is 3.86. The summed E-state index contributed by atoms with van der Waals surface area (Å²) in [6.07, 6.45) is -2.26. The predicted octanol–water partition coefficient (Wildman–Crippen LogP) is 2.02. The van der Waals surface area contributed by atoms with Crippen molar-refractivity contribution >= 4 is 11.6 Å². The molecule has 0 spiro atoms. The van der Waals surface area contributed by atoms with E-state index in [1.165, 1.54) is 25.5 Å². The van der Waals surface area contributed by atoms with E-state index < -0.39 is 36.8 Å². The highest BCUT2D eigenvalue weighted by atomic mass is 35.5. The molecule has 0 radical (unpaired) electrons. The van der Waals surface area contributed by atoms with E-state index in [4.69, 9.17) is 25.8 Å². The van der Waals surface area contributed by atoms with Crippen molar-refractivity contribution in [3.63, 3.8) is 0 Å². The molecule has 0 bridgehead atoms. The first-order valence-electron chi connectivity index (χ1n) is 11.3. The monoisotopic (exact) mass is 476 g/mol. The molecule has 0 amide bonds. The van der Waals surface area contributed by atoms with Gasteiger partial charge in [-0.15, -0.1) is 0 Å². The zero-order valence-corrected chi connectivity index (χ0v) is 19.2. The van der Waals surface area contributed by atoms with Crippen LogP contribution < -0.4 is 4.74 Å². The van der Waals surface area contributed by atoms with Crippen LogP contribution in [0.2, 0.25) is 5.02 Å². The van der Waals surface area contributed by atoms with Crippen LogP contribution in [-0.4, -0.2) is 65.2 Å². The second-order valence-electron chi connectivity index (χ2n) is 9.13. The number of halogens is 1. The first kappa shape index (κ1) is 23.1. The summed E-state index contributed by atoms with van der Waals surface area (Å²) >= 11 is 6.74. The number of benzene rings is 2. The highest BCUT2D eigenvalue weighted by molar-refractivity contribution is 6.33. The van der Waals surface area contributed by atoms with Gasteiger partial charge in [0.25, 0.3) is 0 Å². The number of aliphatic hydroxyl groups excluding tert-OH is 4. The molecule has 4 N–H and O–H groups in total. The van der Waals surface area contributed by atoms with Gasteiger partial charge in [0, 0.05) is 24.7 Å². The van der Waals surface area contributed by atoms with E-state index in [9.17, 15) is 20.4 Å². The lowest BCUT2D eigenvalue weighted by atomic mass is 9.84. The van der Waals surface area contributed by atoms with Crippen molar-refractivity contribution in [1.29, 1.82) is 0 Å². The lowest BCUT2D eigenvalue weighted by Crippen LogP contribution is -2.64. The Morgan fingerprint density at radius 3 is 2.48 bits per heavy atom. The van der Waals surface area contributed by atoms with Gasteiger partial charge < -0.3 is 34.6 Å². The molecule has 2 fully saturated rings. The Morgan fingerprint density at radius 1 is 1.12 bits per heavy atom. The maximum absolute atomic E-state index is 11.0. The van der Waals surface area contributed by atoms with Gasteiger partial charge in [-0.1, -0.05) is 35.9 Å².